The zero-order valence-electron chi connectivity index (χ0n) is 14.2. The lowest BCUT2D eigenvalue weighted by molar-refractivity contribution is -0.171. The van der Waals surface area contributed by atoms with E-state index >= 15 is 0 Å². The third-order valence-corrected chi connectivity index (χ3v) is 6.26. The molecular formula is C19H26ClN3O. The lowest BCUT2D eigenvalue weighted by Crippen LogP contribution is -2.72. The summed E-state index contributed by atoms with van der Waals surface area (Å²) in [7, 11) is 0. The molecule has 3 aliphatic rings. The normalized spacial score (nSPS) is 30.4. The van der Waals surface area contributed by atoms with Crippen LogP contribution >= 0.6 is 11.6 Å². The molecule has 0 radical (unpaired) electrons. The zero-order chi connectivity index (χ0) is 16.6. The number of rotatable bonds is 4. The molecule has 3 fully saturated rings. The van der Waals surface area contributed by atoms with Gasteiger partial charge >= 0.3 is 0 Å². The van der Waals surface area contributed by atoms with E-state index in [1.54, 1.807) is 0 Å². The zero-order valence-corrected chi connectivity index (χ0v) is 15.0. The molecule has 3 atom stereocenters. The van der Waals surface area contributed by atoms with Crippen molar-refractivity contribution in [1.29, 1.82) is 0 Å². The minimum atomic E-state index is 0.373. The fourth-order valence-electron chi connectivity index (χ4n) is 4.68. The predicted molar refractivity (Wildman–Crippen MR) is 97.3 cm³/mol. The largest absolute Gasteiger partial charge is 0.377 e. The van der Waals surface area contributed by atoms with Crippen LogP contribution < -0.4 is 10.6 Å². The molecule has 0 aromatic heterocycles. The molecule has 0 bridgehead atoms. The van der Waals surface area contributed by atoms with Crippen LogP contribution in [0.15, 0.2) is 29.3 Å². The Kier molecular flexibility index (Phi) is 4.44. The molecule has 2 saturated carbocycles. The van der Waals surface area contributed by atoms with Gasteiger partial charge in [-0.15, -0.1) is 0 Å². The molecule has 1 aromatic carbocycles. The smallest absolute Gasteiger partial charge is 0.191 e. The minimum absolute atomic E-state index is 0.373. The first-order valence-corrected chi connectivity index (χ1v) is 9.51. The van der Waals surface area contributed by atoms with Crippen LogP contribution in [0.4, 0.5) is 0 Å². The van der Waals surface area contributed by atoms with Crippen molar-refractivity contribution in [3.05, 3.63) is 34.9 Å². The van der Waals surface area contributed by atoms with Crippen molar-refractivity contribution in [1.82, 2.24) is 10.6 Å². The first-order chi connectivity index (χ1) is 11.7. The number of halogens is 1. The molecule has 1 aromatic rings. The van der Waals surface area contributed by atoms with Crippen molar-refractivity contribution >= 4 is 17.6 Å². The highest BCUT2D eigenvalue weighted by molar-refractivity contribution is 6.30. The van der Waals surface area contributed by atoms with Crippen LogP contribution in [0.3, 0.4) is 0 Å². The summed E-state index contributed by atoms with van der Waals surface area (Å²) in [5.74, 6) is 1.58. The van der Waals surface area contributed by atoms with Crippen LogP contribution in [0.5, 0.6) is 0 Å². The number of fused-ring (bicyclic) bond motifs is 2. The minimum Gasteiger partial charge on any atom is -0.377 e. The van der Waals surface area contributed by atoms with Crippen molar-refractivity contribution < 1.29 is 4.74 Å². The van der Waals surface area contributed by atoms with Crippen LogP contribution in [-0.2, 0) is 11.3 Å². The predicted octanol–water partition coefficient (Wildman–Crippen LogP) is 3.35. The van der Waals surface area contributed by atoms with E-state index in [4.69, 9.17) is 21.3 Å². The summed E-state index contributed by atoms with van der Waals surface area (Å²) in [4.78, 5) is 4.78. The summed E-state index contributed by atoms with van der Waals surface area (Å²) in [6, 6.07) is 8.42. The molecule has 5 heteroatoms. The molecule has 4 nitrogen and oxygen atoms in total. The molecular weight excluding hydrogens is 322 g/mol. The number of hydrogen-bond donors (Lipinski definition) is 2. The fraction of sp³-hybridized carbons (Fsp3) is 0.632. The summed E-state index contributed by atoms with van der Waals surface area (Å²) in [5.41, 5.74) is 1.54. The summed E-state index contributed by atoms with van der Waals surface area (Å²) >= 11 is 5.95. The Morgan fingerprint density at radius 1 is 1.33 bits per heavy atom. The van der Waals surface area contributed by atoms with E-state index < -0.39 is 0 Å². The molecule has 24 heavy (non-hydrogen) atoms. The quantitative estimate of drug-likeness (QED) is 0.648. The van der Waals surface area contributed by atoms with Gasteiger partial charge in [0.15, 0.2) is 5.96 Å². The SMILES string of the molecule is CCNC(=NCc1ccc(Cl)cc1)NC1C2CCOC2C12CCC2. The monoisotopic (exact) mass is 347 g/mol. The van der Waals surface area contributed by atoms with Crippen LogP contribution in [0.1, 0.15) is 38.2 Å². The first-order valence-electron chi connectivity index (χ1n) is 9.14. The standard InChI is InChI=1S/C19H26ClN3O/c1-2-21-18(22-12-13-4-6-14(20)7-5-13)23-16-15-8-11-24-17(15)19(16)9-3-10-19/h4-7,15-17H,2-3,8-12H2,1H3,(H2,21,22,23). The second-order valence-corrected chi connectivity index (χ2v) is 7.71. The van der Waals surface area contributed by atoms with Crippen molar-refractivity contribution in [2.75, 3.05) is 13.2 Å². The molecule has 2 N–H and O–H groups in total. The van der Waals surface area contributed by atoms with Crippen LogP contribution in [0, 0.1) is 11.3 Å². The van der Waals surface area contributed by atoms with E-state index in [9.17, 15) is 0 Å². The van der Waals surface area contributed by atoms with Gasteiger partial charge in [0, 0.05) is 35.5 Å². The Balaban J connectivity index is 1.45. The Morgan fingerprint density at radius 2 is 2.12 bits per heavy atom. The van der Waals surface area contributed by atoms with Crippen molar-refractivity contribution in [3.8, 4) is 0 Å². The number of guanidine groups is 1. The average Bonchev–Trinajstić information content (AvgIpc) is 2.95. The van der Waals surface area contributed by atoms with Gasteiger partial charge < -0.3 is 15.4 Å². The third kappa shape index (κ3) is 2.70. The molecule has 1 aliphatic heterocycles. The first kappa shape index (κ1) is 16.2. The Morgan fingerprint density at radius 3 is 2.79 bits per heavy atom. The van der Waals surface area contributed by atoms with E-state index in [0.29, 0.717) is 30.0 Å². The second-order valence-electron chi connectivity index (χ2n) is 7.27. The van der Waals surface area contributed by atoms with Gasteiger partial charge in [0.25, 0.3) is 0 Å². The van der Waals surface area contributed by atoms with Crippen LogP contribution in [0.25, 0.3) is 0 Å². The number of nitrogens with one attached hydrogen (secondary N) is 2. The Bertz CT molecular complexity index is 612. The summed E-state index contributed by atoms with van der Waals surface area (Å²) in [6.07, 6.45) is 5.59. The molecule has 0 amide bonds. The fourth-order valence-corrected chi connectivity index (χ4v) is 4.81. The molecule has 2 aliphatic carbocycles. The summed E-state index contributed by atoms with van der Waals surface area (Å²) in [6.45, 7) is 4.57. The highest BCUT2D eigenvalue weighted by Gasteiger charge is 2.66. The van der Waals surface area contributed by atoms with E-state index in [2.05, 4.69) is 17.6 Å². The topological polar surface area (TPSA) is 45.7 Å². The van der Waals surface area contributed by atoms with Crippen molar-refractivity contribution in [2.24, 2.45) is 16.3 Å². The van der Waals surface area contributed by atoms with Crippen molar-refractivity contribution in [2.45, 2.75) is 51.3 Å². The number of hydrogen-bond acceptors (Lipinski definition) is 2. The number of benzene rings is 1. The maximum absolute atomic E-state index is 6.01. The third-order valence-electron chi connectivity index (χ3n) is 6.01. The van der Waals surface area contributed by atoms with Crippen LogP contribution in [0.2, 0.25) is 5.02 Å². The number of aliphatic imine (C=N–C) groups is 1. The molecule has 1 heterocycles. The van der Waals surface area contributed by atoms with E-state index in [1.807, 2.05) is 24.3 Å². The Labute approximate surface area is 149 Å². The van der Waals surface area contributed by atoms with Crippen LogP contribution in [-0.4, -0.2) is 31.3 Å². The van der Waals surface area contributed by atoms with Gasteiger partial charge in [-0.05, 0) is 43.9 Å². The number of ether oxygens (including phenoxy) is 1. The second kappa shape index (κ2) is 6.57. The Hall–Kier alpha value is -1.26. The maximum atomic E-state index is 6.01. The molecule has 1 spiro atoms. The van der Waals surface area contributed by atoms with E-state index in [0.717, 1.165) is 24.1 Å². The maximum Gasteiger partial charge on any atom is 0.191 e. The highest BCUT2D eigenvalue weighted by atomic mass is 35.5. The van der Waals surface area contributed by atoms with Gasteiger partial charge in [-0.3, -0.25) is 0 Å². The molecule has 1 saturated heterocycles. The molecule has 130 valence electrons. The summed E-state index contributed by atoms with van der Waals surface area (Å²) in [5, 5.41) is 7.90. The van der Waals surface area contributed by atoms with Gasteiger partial charge in [0.05, 0.1) is 12.6 Å². The van der Waals surface area contributed by atoms with E-state index in [-0.39, 0.29) is 0 Å². The van der Waals surface area contributed by atoms with E-state index in [1.165, 1.54) is 31.2 Å². The van der Waals surface area contributed by atoms with Gasteiger partial charge in [0.1, 0.15) is 0 Å². The molecule has 4 rings (SSSR count). The van der Waals surface area contributed by atoms with Gasteiger partial charge in [-0.25, -0.2) is 4.99 Å². The number of nitrogens with zero attached hydrogens (tertiary/aromatic N) is 1. The summed E-state index contributed by atoms with van der Waals surface area (Å²) < 4.78 is 6.01. The highest BCUT2D eigenvalue weighted by Crippen LogP contribution is 2.62. The van der Waals surface area contributed by atoms with Gasteiger partial charge in [-0.2, -0.15) is 0 Å². The van der Waals surface area contributed by atoms with Gasteiger partial charge in [-0.1, -0.05) is 30.2 Å². The average molecular weight is 348 g/mol. The van der Waals surface area contributed by atoms with Crippen molar-refractivity contribution in [3.63, 3.8) is 0 Å². The lowest BCUT2D eigenvalue weighted by Gasteiger charge is -2.63. The molecule has 3 unspecified atom stereocenters. The lowest BCUT2D eigenvalue weighted by atomic mass is 9.46. The van der Waals surface area contributed by atoms with Gasteiger partial charge in [0.2, 0.25) is 0 Å².